The molecule has 0 bridgehead atoms. The molecule has 1 amide bonds. The van der Waals surface area contributed by atoms with Crippen LogP contribution in [0, 0.1) is 5.92 Å². The number of hydrogen-bond donors (Lipinski definition) is 2. The van der Waals surface area contributed by atoms with E-state index in [2.05, 4.69) is 10.4 Å². The molecule has 4 rings (SSSR count). The fraction of sp³-hybridized carbons (Fsp3) is 0.526. The first-order chi connectivity index (χ1) is 14.5. The Hall–Kier alpha value is -2.37. The highest BCUT2D eigenvalue weighted by atomic mass is 32.2. The Kier molecular flexibility index (Phi) is 5.39. The van der Waals surface area contributed by atoms with Crippen molar-refractivity contribution in [3.8, 4) is 0 Å². The Labute approximate surface area is 178 Å². The summed E-state index contributed by atoms with van der Waals surface area (Å²) in [4.78, 5) is 13.0. The van der Waals surface area contributed by atoms with Crippen molar-refractivity contribution in [2.24, 2.45) is 5.92 Å². The van der Waals surface area contributed by atoms with Crippen LogP contribution in [0.5, 0.6) is 0 Å². The first-order valence-electron chi connectivity index (χ1n) is 9.64. The Morgan fingerprint density at radius 1 is 1.39 bits per heavy atom. The molecule has 2 aliphatic carbocycles. The predicted molar refractivity (Wildman–Crippen MR) is 100 cm³/mol. The van der Waals surface area contributed by atoms with Gasteiger partial charge in [-0.2, -0.15) is 18.3 Å². The summed E-state index contributed by atoms with van der Waals surface area (Å²) in [5, 5.41) is 16.5. The van der Waals surface area contributed by atoms with E-state index in [1.807, 2.05) is 0 Å². The van der Waals surface area contributed by atoms with Crippen molar-refractivity contribution in [2.45, 2.75) is 55.3 Å². The molecule has 12 heteroatoms. The fourth-order valence-corrected chi connectivity index (χ4v) is 4.31. The molecule has 168 valence electrons. The molecule has 0 atom stereocenters. The molecule has 2 aromatic rings. The first-order valence-corrected chi connectivity index (χ1v) is 10.9. The zero-order chi connectivity index (χ0) is 22.6. The molecule has 2 N–H and O–H groups in total. The number of anilines is 1. The number of hydrogen-bond acceptors (Lipinski definition) is 4. The Bertz CT molecular complexity index is 1010. The monoisotopic (exact) mass is 463 g/mol. The lowest BCUT2D eigenvalue weighted by molar-refractivity contribution is -0.932. The molecular weight excluding hydrogens is 443 g/mol. The van der Waals surface area contributed by atoms with Crippen LogP contribution >= 0.6 is 11.8 Å². The van der Waals surface area contributed by atoms with Gasteiger partial charge in [-0.1, -0.05) is 11.8 Å². The van der Waals surface area contributed by atoms with Crippen LogP contribution in [-0.2, 0) is 12.7 Å². The maximum atomic E-state index is 13.9. The molecule has 2 aliphatic rings. The molecule has 0 spiro atoms. The van der Waals surface area contributed by atoms with Crippen LogP contribution in [0.2, 0.25) is 0 Å². The number of alkyl halides is 5. The normalized spacial score (nSPS) is 18.6. The molecule has 0 aliphatic heterocycles. The number of pyridine rings is 1. The Morgan fingerprint density at radius 2 is 2.06 bits per heavy atom. The summed E-state index contributed by atoms with van der Waals surface area (Å²) < 4.78 is 70.1. The second-order valence-corrected chi connectivity index (χ2v) is 8.78. The van der Waals surface area contributed by atoms with Gasteiger partial charge in [-0.05, 0) is 25.0 Å². The molecule has 0 radical (unpaired) electrons. The van der Waals surface area contributed by atoms with Gasteiger partial charge in [0.2, 0.25) is 12.1 Å². The lowest BCUT2D eigenvalue weighted by Gasteiger charge is -2.35. The predicted octanol–water partition coefficient (Wildman–Crippen LogP) is 4.32. The topological polar surface area (TPSA) is 71.0 Å². The quantitative estimate of drug-likeness (QED) is 0.290. The Balaban J connectivity index is 1.70. The average Bonchev–Trinajstić information content (AvgIpc) is 3.41. The van der Waals surface area contributed by atoms with Crippen molar-refractivity contribution < 1.29 is 36.7 Å². The minimum Gasteiger partial charge on any atom is -0.320 e. The molecule has 2 fully saturated rings. The zero-order valence-electron chi connectivity index (χ0n) is 16.4. The summed E-state index contributed by atoms with van der Waals surface area (Å²) in [5.74, 6) is -4.80. The van der Waals surface area contributed by atoms with E-state index >= 15 is 0 Å². The number of nitrogens with one attached hydrogen (secondary N) is 1. The first kappa shape index (κ1) is 21.8. The van der Waals surface area contributed by atoms with Gasteiger partial charge in [0.15, 0.2) is 0 Å². The average molecular weight is 463 g/mol. The summed E-state index contributed by atoms with van der Waals surface area (Å²) in [5.41, 5.74) is -1.79. The van der Waals surface area contributed by atoms with Crippen molar-refractivity contribution >= 4 is 23.4 Å². The number of thioether (sulfide) groups is 1. The summed E-state index contributed by atoms with van der Waals surface area (Å²) in [6.45, 7) is -0.185. The smallest absolute Gasteiger partial charge is 0.320 e. The SMILES string of the molecule is CSc1cc(NC(=O)c2c(C(F)(F)F)c(C3CC3)nn2CC2CC(F)(F)C2)cc[n+]1O. The zero-order valence-corrected chi connectivity index (χ0v) is 17.2. The van der Waals surface area contributed by atoms with Crippen LogP contribution in [0.1, 0.15) is 53.3 Å². The maximum absolute atomic E-state index is 13.9. The summed E-state index contributed by atoms with van der Waals surface area (Å²) in [6.07, 6.45) is -1.71. The van der Waals surface area contributed by atoms with Gasteiger partial charge in [0.25, 0.3) is 10.9 Å². The third-order valence-electron chi connectivity index (χ3n) is 5.41. The van der Waals surface area contributed by atoms with E-state index in [-0.39, 0.29) is 23.8 Å². The molecule has 0 unspecified atom stereocenters. The number of halogens is 5. The van der Waals surface area contributed by atoms with Gasteiger partial charge in [-0.25, -0.2) is 8.78 Å². The lowest BCUT2D eigenvalue weighted by atomic mass is 9.81. The second-order valence-electron chi connectivity index (χ2n) is 7.95. The second kappa shape index (κ2) is 7.64. The van der Waals surface area contributed by atoms with Crippen LogP contribution in [0.4, 0.5) is 27.6 Å². The number of nitrogens with zero attached hydrogens (tertiary/aromatic N) is 3. The summed E-state index contributed by atoms with van der Waals surface area (Å²) in [6, 6.07) is 2.74. The highest BCUT2D eigenvalue weighted by molar-refractivity contribution is 7.98. The number of rotatable bonds is 6. The number of aromatic nitrogens is 3. The Morgan fingerprint density at radius 3 is 2.61 bits per heavy atom. The van der Waals surface area contributed by atoms with Crippen LogP contribution in [0.3, 0.4) is 0 Å². The molecule has 0 saturated heterocycles. The van der Waals surface area contributed by atoms with Gasteiger partial charge in [-0.3, -0.25) is 14.7 Å². The van der Waals surface area contributed by atoms with Crippen molar-refractivity contribution in [1.82, 2.24) is 9.78 Å². The number of carbonyl (C=O) groups is 1. The third kappa shape index (κ3) is 4.48. The van der Waals surface area contributed by atoms with E-state index in [4.69, 9.17) is 0 Å². The van der Waals surface area contributed by atoms with Crippen LogP contribution < -0.4 is 10.0 Å². The highest BCUT2D eigenvalue weighted by Crippen LogP contribution is 2.48. The van der Waals surface area contributed by atoms with Gasteiger partial charge in [-0.15, -0.1) is 0 Å². The molecule has 6 nitrogen and oxygen atoms in total. The largest absolute Gasteiger partial charge is 0.420 e. The third-order valence-corrected chi connectivity index (χ3v) is 6.14. The highest BCUT2D eigenvalue weighted by Gasteiger charge is 2.49. The molecule has 2 heterocycles. The van der Waals surface area contributed by atoms with Crippen LogP contribution in [-0.4, -0.2) is 33.1 Å². The van der Waals surface area contributed by atoms with Crippen LogP contribution in [0.15, 0.2) is 23.4 Å². The van der Waals surface area contributed by atoms with Crippen LogP contribution in [0.25, 0.3) is 0 Å². The standard InChI is InChI=1S/C19H19F5N4O2S/c1-31-13-6-12(4-5-28(13)30)25-17(29)16-14(19(22,23)24)15(11-2-3-11)26-27(16)9-10-7-18(20,21)8-10/h4-6,10-11,30H,2-3,7-9H2,1H3/p+1. The van der Waals surface area contributed by atoms with E-state index in [1.54, 1.807) is 6.26 Å². The van der Waals surface area contributed by atoms with Gasteiger partial charge in [0.1, 0.15) is 11.3 Å². The summed E-state index contributed by atoms with van der Waals surface area (Å²) in [7, 11) is 0. The van der Waals surface area contributed by atoms with Crippen molar-refractivity contribution in [3.63, 3.8) is 0 Å². The minimum absolute atomic E-state index is 0.184. The molecule has 0 aromatic carbocycles. The van der Waals surface area contributed by atoms with E-state index in [9.17, 15) is 32.0 Å². The van der Waals surface area contributed by atoms with E-state index in [1.165, 1.54) is 30.1 Å². The van der Waals surface area contributed by atoms with E-state index in [0.29, 0.717) is 17.9 Å². The minimum atomic E-state index is -4.82. The molecule has 2 aromatic heterocycles. The molecular formula is C19H20F5N4O2S+. The lowest BCUT2D eigenvalue weighted by Crippen LogP contribution is -2.38. The molecule has 31 heavy (non-hydrogen) atoms. The van der Waals surface area contributed by atoms with E-state index < -0.39 is 48.0 Å². The maximum Gasteiger partial charge on any atom is 0.420 e. The van der Waals surface area contributed by atoms with Crippen molar-refractivity contribution in [3.05, 3.63) is 35.3 Å². The van der Waals surface area contributed by atoms with Gasteiger partial charge in [0, 0.05) is 42.2 Å². The van der Waals surface area contributed by atoms with E-state index in [0.717, 1.165) is 9.41 Å². The number of carbonyl (C=O) groups excluding carboxylic acids is 1. The van der Waals surface area contributed by atoms with Crippen molar-refractivity contribution in [1.29, 1.82) is 0 Å². The van der Waals surface area contributed by atoms with Gasteiger partial charge < -0.3 is 5.32 Å². The van der Waals surface area contributed by atoms with Gasteiger partial charge >= 0.3 is 6.18 Å². The van der Waals surface area contributed by atoms with Crippen molar-refractivity contribution in [2.75, 3.05) is 11.6 Å². The summed E-state index contributed by atoms with van der Waals surface area (Å²) >= 11 is 1.17. The number of amides is 1. The fourth-order valence-electron chi connectivity index (χ4n) is 3.82. The van der Waals surface area contributed by atoms with Gasteiger partial charge in [0.05, 0.1) is 11.4 Å². The molecule has 2 saturated carbocycles.